The molecule has 2 rings (SSSR count). The number of hydrogen-bond donors (Lipinski definition) is 2. The zero-order valence-electron chi connectivity index (χ0n) is 17.1. The summed E-state index contributed by atoms with van der Waals surface area (Å²) in [6.07, 6.45) is -0.730. The molecular formula is C21H25FN2O5. The zero-order chi connectivity index (χ0) is 21.6. The first-order valence-electron chi connectivity index (χ1n) is 8.91. The number of halogens is 1. The predicted molar refractivity (Wildman–Crippen MR) is 108 cm³/mol. The minimum atomic E-state index is -0.712. The van der Waals surface area contributed by atoms with E-state index in [1.165, 1.54) is 26.4 Å². The number of carbonyl (C=O) groups is 2. The molecule has 0 bridgehead atoms. The fourth-order valence-electron chi connectivity index (χ4n) is 2.51. The molecule has 0 aliphatic rings. The van der Waals surface area contributed by atoms with E-state index < -0.39 is 23.4 Å². The third-order valence-electron chi connectivity index (χ3n) is 3.74. The van der Waals surface area contributed by atoms with Crippen LogP contribution in [0.15, 0.2) is 36.4 Å². The van der Waals surface area contributed by atoms with E-state index >= 15 is 0 Å². The highest BCUT2D eigenvalue weighted by Crippen LogP contribution is 2.27. The van der Waals surface area contributed by atoms with Crippen molar-refractivity contribution < 1.29 is 28.2 Å². The summed E-state index contributed by atoms with van der Waals surface area (Å²) >= 11 is 0. The van der Waals surface area contributed by atoms with Crippen molar-refractivity contribution in [2.45, 2.75) is 32.8 Å². The summed E-state index contributed by atoms with van der Waals surface area (Å²) in [5, 5.41) is 5.13. The van der Waals surface area contributed by atoms with Crippen LogP contribution < -0.4 is 20.1 Å². The molecule has 0 fully saturated rings. The van der Waals surface area contributed by atoms with Gasteiger partial charge in [-0.2, -0.15) is 0 Å². The Labute approximate surface area is 169 Å². The van der Waals surface area contributed by atoms with E-state index in [2.05, 4.69) is 10.6 Å². The summed E-state index contributed by atoms with van der Waals surface area (Å²) in [6.45, 7) is 5.17. The molecule has 2 N–H and O–H groups in total. The summed E-state index contributed by atoms with van der Waals surface area (Å²) in [4.78, 5) is 24.5. The summed E-state index contributed by atoms with van der Waals surface area (Å²) < 4.78 is 29.3. The number of anilines is 2. The molecule has 0 heterocycles. The lowest BCUT2D eigenvalue weighted by Gasteiger charge is -2.20. The molecule has 0 aliphatic carbocycles. The summed E-state index contributed by atoms with van der Waals surface area (Å²) in [5.74, 6) is 0.120. The normalized spacial score (nSPS) is 10.8. The first-order chi connectivity index (χ1) is 13.6. The molecule has 156 valence electrons. The van der Waals surface area contributed by atoms with Gasteiger partial charge in [0.15, 0.2) is 0 Å². The van der Waals surface area contributed by atoms with Gasteiger partial charge in [-0.15, -0.1) is 0 Å². The molecule has 2 amide bonds. The standard InChI is InChI=1S/C21H25FN2O5/c1-21(2,3)29-20(26)24-16-9-7-14(22)11-17(16)23-19(25)10-13-6-8-15(27-4)12-18(13)28-5/h6-9,11-12H,10H2,1-5H3,(H,23,25)(H,24,26). The van der Waals surface area contributed by atoms with E-state index in [4.69, 9.17) is 14.2 Å². The van der Waals surface area contributed by atoms with E-state index in [0.29, 0.717) is 17.1 Å². The van der Waals surface area contributed by atoms with Gasteiger partial charge >= 0.3 is 6.09 Å². The predicted octanol–water partition coefficient (Wildman–Crippen LogP) is 4.37. The van der Waals surface area contributed by atoms with Gasteiger partial charge in [0, 0.05) is 11.6 Å². The highest BCUT2D eigenvalue weighted by Gasteiger charge is 2.18. The molecule has 0 saturated carbocycles. The fraction of sp³-hybridized carbons (Fsp3) is 0.333. The molecule has 7 nitrogen and oxygen atoms in total. The van der Waals surface area contributed by atoms with Crippen molar-refractivity contribution in [3.63, 3.8) is 0 Å². The first kappa shape index (κ1) is 22.0. The van der Waals surface area contributed by atoms with E-state index in [-0.39, 0.29) is 17.8 Å². The molecule has 0 atom stereocenters. The highest BCUT2D eigenvalue weighted by atomic mass is 19.1. The Kier molecular flexibility index (Phi) is 7.03. The van der Waals surface area contributed by atoms with E-state index in [1.54, 1.807) is 39.0 Å². The van der Waals surface area contributed by atoms with Gasteiger partial charge in [0.25, 0.3) is 0 Å². The summed E-state index contributed by atoms with van der Waals surface area (Å²) in [7, 11) is 3.02. The second kappa shape index (κ2) is 9.27. The fourth-order valence-corrected chi connectivity index (χ4v) is 2.51. The molecule has 0 aliphatic heterocycles. The van der Waals surface area contributed by atoms with E-state index in [0.717, 1.165) is 6.07 Å². The van der Waals surface area contributed by atoms with Gasteiger partial charge < -0.3 is 19.5 Å². The van der Waals surface area contributed by atoms with Crippen LogP contribution in [0.4, 0.5) is 20.6 Å². The number of methoxy groups -OCH3 is 2. The molecule has 0 aromatic heterocycles. The number of benzene rings is 2. The van der Waals surface area contributed by atoms with Gasteiger partial charge in [-0.1, -0.05) is 6.07 Å². The zero-order valence-corrected chi connectivity index (χ0v) is 17.1. The third kappa shape index (κ3) is 6.67. The maximum Gasteiger partial charge on any atom is 0.412 e. The van der Waals surface area contributed by atoms with Crippen molar-refractivity contribution >= 4 is 23.4 Å². The first-order valence-corrected chi connectivity index (χ1v) is 8.91. The molecular weight excluding hydrogens is 379 g/mol. The van der Waals surface area contributed by atoms with Crippen molar-refractivity contribution in [1.29, 1.82) is 0 Å². The average Bonchev–Trinajstić information content (AvgIpc) is 2.62. The van der Waals surface area contributed by atoms with Crippen LogP contribution in [0, 0.1) is 5.82 Å². The second-order valence-electron chi connectivity index (χ2n) is 7.22. The van der Waals surface area contributed by atoms with Crippen LogP contribution in [0.1, 0.15) is 26.3 Å². The SMILES string of the molecule is COc1ccc(CC(=O)Nc2cc(F)ccc2NC(=O)OC(C)(C)C)c(OC)c1. The lowest BCUT2D eigenvalue weighted by molar-refractivity contribution is -0.115. The average molecular weight is 404 g/mol. The van der Waals surface area contributed by atoms with Gasteiger partial charge in [-0.05, 0) is 45.0 Å². The van der Waals surface area contributed by atoms with Crippen LogP contribution in [0.3, 0.4) is 0 Å². The number of carbonyl (C=O) groups excluding carboxylic acids is 2. The van der Waals surface area contributed by atoms with Gasteiger partial charge in [-0.25, -0.2) is 9.18 Å². The Balaban J connectivity index is 2.16. The van der Waals surface area contributed by atoms with Gasteiger partial charge in [0.05, 0.1) is 32.0 Å². The van der Waals surface area contributed by atoms with E-state index in [1.807, 2.05) is 0 Å². The number of ether oxygens (including phenoxy) is 3. The maximum atomic E-state index is 13.7. The summed E-state index contributed by atoms with van der Waals surface area (Å²) in [5.41, 5.74) is 0.270. The quantitative estimate of drug-likeness (QED) is 0.747. The molecule has 8 heteroatoms. The van der Waals surface area contributed by atoms with Crippen LogP contribution >= 0.6 is 0 Å². The number of nitrogens with one attached hydrogen (secondary N) is 2. The molecule has 0 spiro atoms. The van der Waals surface area contributed by atoms with Crippen molar-refractivity contribution in [3.8, 4) is 11.5 Å². The topological polar surface area (TPSA) is 85.9 Å². The van der Waals surface area contributed by atoms with Crippen LogP contribution in [0.5, 0.6) is 11.5 Å². The Morgan fingerprint density at radius 1 is 0.966 bits per heavy atom. The van der Waals surface area contributed by atoms with Crippen molar-refractivity contribution in [2.75, 3.05) is 24.9 Å². The lowest BCUT2D eigenvalue weighted by atomic mass is 10.1. The minimum absolute atomic E-state index is 0.0183. The Morgan fingerprint density at radius 3 is 2.31 bits per heavy atom. The largest absolute Gasteiger partial charge is 0.497 e. The third-order valence-corrected chi connectivity index (χ3v) is 3.74. The highest BCUT2D eigenvalue weighted by molar-refractivity contribution is 5.98. The monoisotopic (exact) mass is 404 g/mol. The Bertz CT molecular complexity index is 893. The van der Waals surface area contributed by atoms with Gasteiger partial charge in [0.2, 0.25) is 5.91 Å². The number of amides is 2. The molecule has 0 saturated heterocycles. The van der Waals surface area contributed by atoms with Crippen molar-refractivity contribution in [3.05, 3.63) is 47.8 Å². The van der Waals surface area contributed by atoms with Crippen LogP contribution in [-0.4, -0.2) is 31.8 Å². The number of rotatable bonds is 6. The smallest absolute Gasteiger partial charge is 0.412 e. The summed E-state index contributed by atoms with van der Waals surface area (Å²) in [6, 6.07) is 8.74. The van der Waals surface area contributed by atoms with Gasteiger partial charge in [0.1, 0.15) is 22.9 Å². The van der Waals surface area contributed by atoms with Crippen LogP contribution in [0.25, 0.3) is 0 Å². The minimum Gasteiger partial charge on any atom is -0.497 e. The molecule has 0 radical (unpaired) electrons. The van der Waals surface area contributed by atoms with Crippen LogP contribution in [-0.2, 0) is 16.0 Å². The Morgan fingerprint density at radius 2 is 1.69 bits per heavy atom. The molecule has 2 aromatic carbocycles. The molecule has 0 unspecified atom stereocenters. The molecule has 29 heavy (non-hydrogen) atoms. The molecule has 2 aromatic rings. The lowest BCUT2D eigenvalue weighted by Crippen LogP contribution is -2.27. The van der Waals surface area contributed by atoms with E-state index in [9.17, 15) is 14.0 Å². The van der Waals surface area contributed by atoms with Crippen LogP contribution in [0.2, 0.25) is 0 Å². The second-order valence-corrected chi connectivity index (χ2v) is 7.22. The number of hydrogen-bond acceptors (Lipinski definition) is 5. The van der Waals surface area contributed by atoms with Gasteiger partial charge in [-0.3, -0.25) is 10.1 Å². The van der Waals surface area contributed by atoms with Crippen molar-refractivity contribution in [2.24, 2.45) is 0 Å². The van der Waals surface area contributed by atoms with Crippen molar-refractivity contribution in [1.82, 2.24) is 0 Å². The maximum absolute atomic E-state index is 13.7. The Hall–Kier alpha value is -3.29.